The average Bonchev–Trinajstić information content (AvgIpc) is 2.76. The van der Waals surface area contributed by atoms with Crippen LogP contribution < -0.4 is 15.2 Å². The molecule has 0 bridgehead atoms. The van der Waals surface area contributed by atoms with Gasteiger partial charge < -0.3 is 4.74 Å². The van der Waals surface area contributed by atoms with Crippen molar-refractivity contribution in [3.8, 4) is 5.75 Å². The second-order valence-electron chi connectivity index (χ2n) is 5.40. The maximum absolute atomic E-state index is 6.02. The molecule has 3 rings (SSSR count). The van der Waals surface area contributed by atoms with Crippen LogP contribution in [-0.2, 0) is 6.42 Å². The number of aryl methyl sites for hydroxylation is 1. The van der Waals surface area contributed by atoms with Crippen molar-refractivity contribution in [2.45, 2.75) is 33.1 Å². The molecule has 1 nitrogen and oxygen atoms in total. The van der Waals surface area contributed by atoms with E-state index >= 15 is 0 Å². The van der Waals surface area contributed by atoms with E-state index in [0.29, 0.717) is 6.61 Å². The van der Waals surface area contributed by atoms with Crippen molar-refractivity contribution >= 4 is 22.9 Å². The Balaban J connectivity index is 2.50. The van der Waals surface area contributed by atoms with Crippen LogP contribution in [0.1, 0.15) is 32.3 Å². The van der Waals surface area contributed by atoms with Crippen LogP contribution >= 0.6 is 0 Å². The van der Waals surface area contributed by atoms with Crippen molar-refractivity contribution in [2.24, 2.45) is 0 Å². The summed E-state index contributed by atoms with van der Waals surface area (Å²) in [5, 5.41) is 5.19. The van der Waals surface area contributed by atoms with E-state index in [-0.39, 0.29) is 0 Å². The molecule has 2 aromatic carbocycles. The normalized spacial score (nSPS) is 13.2. The fourth-order valence-electron chi connectivity index (χ4n) is 3.17. The third-order valence-corrected chi connectivity index (χ3v) is 4.00. The number of hydrogen-bond acceptors (Lipinski definition) is 1. The quantitative estimate of drug-likeness (QED) is 0.828. The highest BCUT2D eigenvalue weighted by Crippen LogP contribution is 2.24. The highest BCUT2D eigenvalue weighted by atomic mass is 16.5. The first kappa shape index (κ1) is 13.9. The number of hydrogen-bond donors (Lipinski definition) is 0. The molecule has 108 valence electrons. The van der Waals surface area contributed by atoms with Gasteiger partial charge in [0.05, 0.1) is 6.61 Å². The second-order valence-corrected chi connectivity index (χ2v) is 5.40. The van der Waals surface area contributed by atoms with Gasteiger partial charge >= 0.3 is 0 Å². The first-order valence-corrected chi connectivity index (χ1v) is 7.90. The zero-order valence-electron chi connectivity index (χ0n) is 12.9. The summed E-state index contributed by atoms with van der Waals surface area (Å²) in [6, 6.07) is 8.64. The van der Waals surface area contributed by atoms with Gasteiger partial charge in [0, 0.05) is 10.6 Å². The van der Waals surface area contributed by atoms with E-state index in [0.717, 1.165) is 25.0 Å². The molecule has 0 saturated carbocycles. The van der Waals surface area contributed by atoms with E-state index in [1.54, 1.807) is 0 Å². The van der Waals surface area contributed by atoms with Crippen molar-refractivity contribution in [3.63, 3.8) is 0 Å². The highest BCUT2D eigenvalue weighted by Gasteiger charge is 2.11. The molecule has 0 heterocycles. The number of benzene rings is 2. The predicted octanol–water partition coefficient (Wildman–Crippen LogP) is 3.71. The molecule has 1 aliphatic carbocycles. The Hall–Kier alpha value is -2.02. The zero-order valence-corrected chi connectivity index (χ0v) is 12.9. The van der Waals surface area contributed by atoms with Gasteiger partial charge in [-0.3, -0.25) is 0 Å². The summed E-state index contributed by atoms with van der Waals surface area (Å²) in [7, 11) is 0. The largest absolute Gasteiger partial charge is 0.493 e. The van der Waals surface area contributed by atoms with Gasteiger partial charge in [0.1, 0.15) is 5.75 Å². The average molecular weight is 278 g/mol. The summed E-state index contributed by atoms with van der Waals surface area (Å²) in [6.45, 7) is 4.99. The molecule has 2 aromatic rings. The third-order valence-electron chi connectivity index (χ3n) is 4.00. The number of ether oxygens (including phenoxy) is 1. The fourth-order valence-corrected chi connectivity index (χ4v) is 3.17. The van der Waals surface area contributed by atoms with Crippen molar-refractivity contribution < 1.29 is 4.74 Å². The number of fused-ring (bicyclic) bond motifs is 2. The molecule has 0 fully saturated rings. The summed E-state index contributed by atoms with van der Waals surface area (Å²) in [5.41, 5.74) is 1.46. The molecular weight excluding hydrogens is 256 g/mol. The van der Waals surface area contributed by atoms with Crippen LogP contribution in [0.4, 0.5) is 0 Å². The fraction of sp³-hybridized carbons (Fsp3) is 0.300. The van der Waals surface area contributed by atoms with Crippen LogP contribution in [0.15, 0.2) is 36.4 Å². The lowest BCUT2D eigenvalue weighted by Gasteiger charge is -2.14. The number of rotatable bonds is 4. The van der Waals surface area contributed by atoms with Gasteiger partial charge in [-0.25, -0.2) is 0 Å². The van der Waals surface area contributed by atoms with Crippen LogP contribution in [0.5, 0.6) is 5.75 Å². The summed E-state index contributed by atoms with van der Waals surface area (Å²) in [5.74, 6) is 1.03. The lowest BCUT2D eigenvalue weighted by Crippen LogP contribution is -2.31. The standard InChI is InChI=1S/C20H22O/c1-3-10-15-16-11-6-5-7-13-18(16)20(21-4-2)19-14-9-8-12-17(15)19/h5,7-9,11-14H,3-4,6,10H2,1-2H3. The van der Waals surface area contributed by atoms with E-state index in [9.17, 15) is 0 Å². The Morgan fingerprint density at radius 3 is 2.62 bits per heavy atom. The van der Waals surface area contributed by atoms with Gasteiger partial charge in [-0.1, -0.05) is 61.9 Å². The molecular formula is C20H22O. The van der Waals surface area contributed by atoms with E-state index in [1.807, 2.05) is 0 Å². The van der Waals surface area contributed by atoms with Crippen LogP contribution in [0.25, 0.3) is 22.9 Å². The summed E-state index contributed by atoms with van der Waals surface area (Å²) in [6.07, 6.45) is 12.2. The Morgan fingerprint density at radius 2 is 1.86 bits per heavy atom. The smallest absolute Gasteiger partial charge is 0.134 e. The topological polar surface area (TPSA) is 9.23 Å². The van der Waals surface area contributed by atoms with Gasteiger partial charge in [0.25, 0.3) is 0 Å². The van der Waals surface area contributed by atoms with Crippen molar-refractivity contribution in [3.05, 3.63) is 52.4 Å². The SMILES string of the molecule is CCCc1c2c(c(OCC)c3ccccc13)=CC=CCC=2. The minimum Gasteiger partial charge on any atom is -0.493 e. The molecule has 1 aliphatic rings. The molecule has 0 spiro atoms. The lowest BCUT2D eigenvalue weighted by atomic mass is 9.95. The second kappa shape index (κ2) is 6.17. The monoisotopic (exact) mass is 278 g/mol. The summed E-state index contributed by atoms with van der Waals surface area (Å²) >= 11 is 0. The molecule has 0 N–H and O–H groups in total. The van der Waals surface area contributed by atoms with Crippen molar-refractivity contribution in [1.29, 1.82) is 0 Å². The Labute approximate surface area is 126 Å². The van der Waals surface area contributed by atoms with E-state index < -0.39 is 0 Å². The first-order chi connectivity index (χ1) is 10.4. The van der Waals surface area contributed by atoms with Crippen molar-refractivity contribution in [1.82, 2.24) is 0 Å². The van der Waals surface area contributed by atoms with Gasteiger partial charge in [0.2, 0.25) is 0 Å². The van der Waals surface area contributed by atoms with Crippen LogP contribution in [0, 0.1) is 0 Å². The number of allylic oxidation sites excluding steroid dienone is 2. The molecule has 0 aromatic heterocycles. The minimum absolute atomic E-state index is 0.696. The molecule has 0 radical (unpaired) electrons. The van der Waals surface area contributed by atoms with E-state index in [1.165, 1.54) is 26.8 Å². The Kier molecular flexibility index (Phi) is 4.10. The molecule has 0 atom stereocenters. The van der Waals surface area contributed by atoms with Crippen LogP contribution in [0.3, 0.4) is 0 Å². The van der Waals surface area contributed by atoms with Gasteiger partial charge in [-0.2, -0.15) is 0 Å². The molecule has 0 aliphatic heterocycles. The summed E-state index contributed by atoms with van der Waals surface area (Å²) < 4.78 is 6.02. The van der Waals surface area contributed by atoms with Gasteiger partial charge in [-0.15, -0.1) is 0 Å². The minimum atomic E-state index is 0.696. The molecule has 0 amide bonds. The predicted molar refractivity (Wildman–Crippen MR) is 91.0 cm³/mol. The maximum atomic E-state index is 6.02. The third kappa shape index (κ3) is 2.49. The zero-order chi connectivity index (χ0) is 14.7. The molecule has 21 heavy (non-hydrogen) atoms. The maximum Gasteiger partial charge on any atom is 0.134 e. The summed E-state index contributed by atoms with van der Waals surface area (Å²) in [4.78, 5) is 0. The van der Waals surface area contributed by atoms with Gasteiger partial charge in [0.15, 0.2) is 0 Å². The Bertz CT molecular complexity index is 797. The molecule has 0 saturated heterocycles. The highest BCUT2D eigenvalue weighted by molar-refractivity contribution is 5.92. The lowest BCUT2D eigenvalue weighted by molar-refractivity contribution is 0.341. The first-order valence-electron chi connectivity index (χ1n) is 7.90. The molecule has 0 unspecified atom stereocenters. The van der Waals surface area contributed by atoms with E-state index in [4.69, 9.17) is 4.74 Å². The van der Waals surface area contributed by atoms with Gasteiger partial charge in [-0.05, 0) is 35.9 Å². The van der Waals surface area contributed by atoms with Crippen LogP contribution in [0.2, 0.25) is 0 Å². The van der Waals surface area contributed by atoms with Crippen molar-refractivity contribution in [2.75, 3.05) is 6.61 Å². The Morgan fingerprint density at radius 1 is 1.05 bits per heavy atom. The molecule has 1 heteroatoms. The van der Waals surface area contributed by atoms with E-state index in [2.05, 4.69) is 62.4 Å². The van der Waals surface area contributed by atoms with Crippen LogP contribution in [-0.4, -0.2) is 6.61 Å².